The fourth-order valence-corrected chi connectivity index (χ4v) is 1.17. The van der Waals surface area contributed by atoms with Crippen molar-refractivity contribution in [2.45, 2.75) is 31.5 Å². The number of hydrogen-bond donors (Lipinski definition) is 1. The zero-order chi connectivity index (χ0) is 10.6. The highest BCUT2D eigenvalue weighted by molar-refractivity contribution is 5.03. The van der Waals surface area contributed by atoms with Gasteiger partial charge in [0.1, 0.15) is 5.76 Å². The summed E-state index contributed by atoms with van der Waals surface area (Å²) in [5, 5.41) is 0. The molecule has 1 rings (SSSR count). The third kappa shape index (κ3) is 3.83. The van der Waals surface area contributed by atoms with Gasteiger partial charge in [0, 0.05) is 6.42 Å². The normalized spacial score (nSPS) is 14.3. The molecule has 1 aromatic heterocycles. The minimum Gasteiger partial charge on any atom is -0.468 e. The molecule has 2 N–H and O–H groups in total. The molecule has 5 heteroatoms. The van der Waals surface area contributed by atoms with Gasteiger partial charge in [-0.15, -0.1) is 0 Å². The number of rotatable bonds is 4. The molecule has 1 atom stereocenters. The van der Waals surface area contributed by atoms with E-state index in [1.54, 1.807) is 12.1 Å². The highest BCUT2D eigenvalue weighted by Gasteiger charge is 2.26. The Kier molecular flexibility index (Phi) is 3.57. The monoisotopic (exact) mass is 207 g/mol. The molecule has 0 saturated carbocycles. The van der Waals surface area contributed by atoms with Crippen molar-refractivity contribution in [2.75, 3.05) is 0 Å². The summed E-state index contributed by atoms with van der Waals surface area (Å²) < 4.78 is 40.3. The van der Waals surface area contributed by atoms with Gasteiger partial charge in [0.2, 0.25) is 0 Å². The fraction of sp³-hybridized carbons (Fsp3) is 0.556. The van der Waals surface area contributed by atoms with Crippen LogP contribution in [0.25, 0.3) is 0 Å². The van der Waals surface area contributed by atoms with Gasteiger partial charge in [0.05, 0.1) is 12.3 Å². The van der Waals surface area contributed by atoms with Crippen LogP contribution in [0, 0.1) is 0 Å². The molecule has 80 valence electrons. The maximum absolute atomic E-state index is 11.8. The van der Waals surface area contributed by atoms with E-state index in [4.69, 9.17) is 10.2 Å². The Hall–Kier alpha value is -0.970. The first-order valence-electron chi connectivity index (χ1n) is 4.35. The van der Waals surface area contributed by atoms with Crippen molar-refractivity contribution in [3.63, 3.8) is 0 Å². The first-order chi connectivity index (χ1) is 6.49. The Labute approximate surface area is 79.9 Å². The molecule has 0 saturated heterocycles. The van der Waals surface area contributed by atoms with E-state index in [2.05, 4.69) is 0 Å². The van der Waals surface area contributed by atoms with Crippen LogP contribution in [0.3, 0.4) is 0 Å². The SMILES string of the molecule is NC(CCCC(F)(F)F)c1ccco1. The largest absolute Gasteiger partial charge is 0.468 e. The van der Waals surface area contributed by atoms with Gasteiger partial charge in [-0.2, -0.15) is 13.2 Å². The minimum atomic E-state index is -4.09. The quantitative estimate of drug-likeness (QED) is 0.824. The van der Waals surface area contributed by atoms with Gasteiger partial charge >= 0.3 is 6.18 Å². The Balaban J connectivity index is 2.26. The van der Waals surface area contributed by atoms with Crippen LogP contribution in [0.2, 0.25) is 0 Å². The van der Waals surface area contributed by atoms with Crippen molar-refractivity contribution < 1.29 is 17.6 Å². The second kappa shape index (κ2) is 4.50. The lowest BCUT2D eigenvalue weighted by molar-refractivity contribution is -0.135. The summed E-state index contributed by atoms with van der Waals surface area (Å²) in [5.74, 6) is 0.534. The summed E-state index contributed by atoms with van der Waals surface area (Å²) in [6.45, 7) is 0. The molecular weight excluding hydrogens is 195 g/mol. The van der Waals surface area contributed by atoms with Gasteiger partial charge in [0.25, 0.3) is 0 Å². The molecule has 0 amide bonds. The van der Waals surface area contributed by atoms with Gasteiger partial charge in [0.15, 0.2) is 0 Å². The lowest BCUT2D eigenvalue weighted by Crippen LogP contribution is -2.12. The van der Waals surface area contributed by atoms with E-state index in [1.165, 1.54) is 6.26 Å². The highest BCUT2D eigenvalue weighted by atomic mass is 19.4. The zero-order valence-electron chi connectivity index (χ0n) is 7.55. The Morgan fingerprint density at radius 1 is 1.43 bits per heavy atom. The van der Waals surface area contributed by atoms with Crippen molar-refractivity contribution in [3.05, 3.63) is 24.2 Å². The van der Waals surface area contributed by atoms with Gasteiger partial charge in [-0.1, -0.05) is 0 Å². The number of furan rings is 1. The number of nitrogens with two attached hydrogens (primary N) is 1. The first-order valence-corrected chi connectivity index (χ1v) is 4.35. The van der Waals surface area contributed by atoms with E-state index in [-0.39, 0.29) is 12.8 Å². The standard InChI is InChI=1S/C9H12F3NO/c10-9(11,12)5-1-3-7(13)8-4-2-6-14-8/h2,4,6-7H,1,3,5,13H2. The number of alkyl halides is 3. The van der Waals surface area contributed by atoms with Crippen LogP contribution < -0.4 is 5.73 Å². The molecular formula is C9H12F3NO. The summed E-state index contributed by atoms with van der Waals surface area (Å²) >= 11 is 0. The highest BCUT2D eigenvalue weighted by Crippen LogP contribution is 2.25. The van der Waals surface area contributed by atoms with E-state index < -0.39 is 18.6 Å². The van der Waals surface area contributed by atoms with E-state index in [9.17, 15) is 13.2 Å². The molecule has 14 heavy (non-hydrogen) atoms. The van der Waals surface area contributed by atoms with E-state index in [0.717, 1.165) is 0 Å². The molecule has 0 spiro atoms. The van der Waals surface area contributed by atoms with Crippen molar-refractivity contribution in [1.82, 2.24) is 0 Å². The zero-order valence-corrected chi connectivity index (χ0v) is 7.55. The van der Waals surface area contributed by atoms with Crippen LogP contribution in [0.5, 0.6) is 0 Å². The predicted molar refractivity (Wildman–Crippen MR) is 45.5 cm³/mol. The summed E-state index contributed by atoms with van der Waals surface area (Å²) in [4.78, 5) is 0. The third-order valence-electron chi connectivity index (χ3n) is 1.88. The van der Waals surface area contributed by atoms with Crippen molar-refractivity contribution in [1.29, 1.82) is 0 Å². The van der Waals surface area contributed by atoms with Gasteiger partial charge in [-0.3, -0.25) is 0 Å². The lowest BCUT2D eigenvalue weighted by Gasteiger charge is -2.09. The molecule has 0 aliphatic carbocycles. The minimum absolute atomic E-state index is 0.0331. The smallest absolute Gasteiger partial charge is 0.389 e. The molecule has 2 nitrogen and oxygen atoms in total. The molecule has 1 heterocycles. The maximum atomic E-state index is 11.8. The van der Waals surface area contributed by atoms with Gasteiger partial charge in [-0.25, -0.2) is 0 Å². The van der Waals surface area contributed by atoms with Crippen molar-refractivity contribution in [2.24, 2.45) is 5.73 Å². The van der Waals surface area contributed by atoms with Crippen LogP contribution in [0.1, 0.15) is 31.1 Å². The van der Waals surface area contributed by atoms with E-state index in [1.807, 2.05) is 0 Å². The maximum Gasteiger partial charge on any atom is 0.389 e. The summed E-state index contributed by atoms with van der Waals surface area (Å²) in [7, 11) is 0. The number of hydrogen-bond acceptors (Lipinski definition) is 2. The Morgan fingerprint density at radius 2 is 2.14 bits per heavy atom. The lowest BCUT2D eigenvalue weighted by atomic mass is 10.1. The third-order valence-corrected chi connectivity index (χ3v) is 1.88. The molecule has 1 unspecified atom stereocenters. The fourth-order valence-electron chi connectivity index (χ4n) is 1.17. The van der Waals surface area contributed by atoms with Crippen molar-refractivity contribution in [3.8, 4) is 0 Å². The molecule has 0 aliphatic heterocycles. The molecule has 0 fully saturated rings. The summed E-state index contributed by atoms with van der Waals surface area (Å²) in [5.41, 5.74) is 5.61. The number of halogens is 3. The Morgan fingerprint density at radius 3 is 2.64 bits per heavy atom. The molecule has 0 aromatic carbocycles. The topological polar surface area (TPSA) is 39.2 Å². The first kappa shape index (κ1) is 11.1. The van der Waals surface area contributed by atoms with Crippen LogP contribution in [0.4, 0.5) is 13.2 Å². The average molecular weight is 207 g/mol. The molecule has 0 aliphatic rings. The van der Waals surface area contributed by atoms with Gasteiger partial charge < -0.3 is 10.2 Å². The van der Waals surface area contributed by atoms with Gasteiger partial charge in [-0.05, 0) is 25.0 Å². The summed E-state index contributed by atoms with van der Waals surface area (Å²) in [6.07, 6.45) is -3.11. The second-order valence-corrected chi connectivity index (χ2v) is 3.13. The van der Waals surface area contributed by atoms with Crippen LogP contribution in [-0.2, 0) is 0 Å². The predicted octanol–water partition coefficient (Wildman–Crippen LogP) is 3.01. The van der Waals surface area contributed by atoms with Crippen LogP contribution >= 0.6 is 0 Å². The molecule has 1 aromatic rings. The van der Waals surface area contributed by atoms with Crippen LogP contribution in [-0.4, -0.2) is 6.18 Å². The summed E-state index contributed by atoms with van der Waals surface area (Å²) in [6, 6.07) is 2.89. The Bertz CT molecular complexity index is 256. The van der Waals surface area contributed by atoms with Crippen LogP contribution in [0.15, 0.2) is 22.8 Å². The molecule has 0 bridgehead atoms. The van der Waals surface area contributed by atoms with E-state index >= 15 is 0 Å². The molecule has 0 radical (unpaired) electrons. The second-order valence-electron chi connectivity index (χ2n) is 3.13. The van der Waals surface area contributed by atoms with Crippen molar-refractivity contribution >= 4 is 0 Å². The average Bonchev–Trinajstić information content (AvgIpc) is 2.53. The van der Waals surface area contributed by atoms with E-state index in [0.29, 0.717) is 5.76 Å².